The molecule has 0 unspecified atom stereocenters. The molecular formula is C9H16BrNO3. The van der Waals surface area contributed by atoms with Crippen LogP contribution in [0.3, 0.4) is 0 Å². The first-order valence-corrected chi connectivity index (χ1v) is 5.51. The van der Waals surface area contributed by atoms with Crippen molar-refractivity contribution in [2.24, 2.45) is 0 Å². The van der Waals surface area contributed by atoms with Crippen molar-refractivity contribution in [1.82, 2.24) is 4.90 Å². The molecule has 5 heteroatoms. The smallest absolute Gasteiger partial charge is 0.410 e. The van der Waals surface area contributed by atoms with Crippen LogP contribution in [0.15, 0.2) is 0 Å². The van der Waals surface area contributed by atoms with Crippen LogP contribution in [0.4, 0.5) is 4.79 Å². The molecule has 4 nitrogen and oxygen atoms in total. The Balaban J connectivity index is 2.48. The van der Waals surface area contributed by atoms with E-state index in [1.54, 1.807) is 0 Å². The van der Waals surface area contributed by atoms with Crippen molar-refractivity contribution >= 4 is 22.0 Å². The molecule has 0 aromatic carbocycles. The molecule has 0 aromatic heterocycles. The van der Waals surface area contributed by atoms with Crippen LogP contribution in [0.5, 0.6) is 0 Å². The number of likely N-dealkylation sites (tertiary alicyclic amines) is 1. The Bertz CT molecular complexity index is 217. The van der Waals surface area contributed by atoms with E-state index in [2.05, 4.69) is 15.9 Å². The van der Waals surface area contributed by atoms with Gasteiger partial charge in [-0.25, -0.2) is 4.79 Å². The first-order valence-electron chi connectivity index (χ1n) is 4.59. The highest BCUT2D eigenvalue weighted by Gasteiger charge is 2.34. The number of β-amino-alcohol motifs (C(OH)–C–C–N with tert-alkyl or cyclic N) is 1. The number of amides is 1. The number of carbonyl (C=O) groups excluding carboxylic acids is 1. The lowest BCUT2D eigenvalue weighted by Gasteiger charge is -2.24. The van der Waals surface area contributed by atoms with Crippen LogP contribution >= 0.6 is 15.9 Å². The molecule has 1 heterocycles. The Morgan fingerprint density at radius 2 is 2.07 bits per heavy atom. The van der Waals surface area contributed by atoms with Crippen LogP contribution in [0.1, 0.15) is 20.8 Å². The molecule has 1 aliphatic heterocycles. The van der Waals surface area contributed by atoms with Crippen LogP contribution in [-0.2, 0) is 4.74 Å². The van der Waals surface area contributed by atoms with Gasteiger partial charge in [0.2, 0.25) is 0 Å². The minimum Gasteiger partial charge on any atom is -0.444 e. The average molecular weight is 266 g/mol. The minimum atomic E-state index is -0.498. The third-order valence-electron chi connectivity index (χ3n) is 1.87. The summed E-state index contributed by atoms with van der Waals surface area (Å²) in [6, 6.07) is 0. The topological polar surface area (TPSA) is 49.8 Å². The molecule has 1 fully saturated rings. The fourth-order valence-corrected chi connectivity index (χ4v) is 1.74. The van der Waals surface area contributed by atoms with Crippen LogP contribution in [-0.4, -0.2) is 45.7 Å². The second-order valence-electron chi connectivity index (χ2n) is 4.47. The molecule has 1 saturated heterocycles. The fraction of sp³-hybridized carbons (Fsp3) is 0.889. The van der Waals surface area contributed by atoms with E-state index >= 15 is 0 Å². The van der Waals surface area contributed by atoms with Crippen molar-refractivity contribution in [1.29, 1.82) is 0 Å². The van der Waals surface area contributed by atoms with Gasteiger partial charge in [-0.1, -0.05) is 15.9 Å². The highest BCUT2D eigenvalue weighted by atomic mass is 79.9. The number of hydrogen-bond donors (Lipinski definition) is 1. The van der Waals surface area contributed by atoms with E-state index in [1.807, 2.05) is 20.8 Å². The van der Waals surface area contributed by atoms with E-state index in [1.165, 1.54) is 4.90 Å². The van der Waals surface area contributed by atoms with E-state index in [0.717, 1.165) is 0 Å². The monoisotopic (exact) mass is 265 g/mol. The first-order chi connectivity index (χ1) is 6.29. The van der Waals surface area contributed by atoms with Crippen molar-refractivity contribution in [3.8, 4) is 0 Å². The summed E-state index contributed by atoms with van der Waals surface area (Å²) in [5, 5.41) is 9.42. The quantitative estimate of drug-likeness (QED) is 0.673. The predicted octanol–water partition coefficient (Wildman–Crippen LogP) is 1.36. The number of halogens is 1. The van der Waals surface area contributed by atoms with Gasteiger partial charge in [0.1, 0.15) is 5.60 Å². The minimum absolute atomic E-state index is 0.0463. The Kier molecular flexibility index (Phi) is 3.42. The van der Waals surface area contributed by atoms with Crippen LogP contribution in [0.25, 0.3) is 0 Å². The van der Waals surface area contributed by atoms with Gasteiger partial charge in [-0.2, -0.15) is 0 Å². The molecule has 0 radical (unpaired) electrons. The lowest BCUT2D eigenvalue weighted by Crippen LogP contribution is -2.35. The molecule has 2 atom stereocenters. The van der Waals surface area contributed by atoms with Gasteiger partial charge in [0.15, 0.2) is 0 Å². The van der Waals surface area contributed by atoms with E-state index < -0.39 is 11.7 Å². The zero-order valence-corrected chi connectivity index (χ0v) is 10.2. The Labute approximate surface area is 92.3 Å². The molecule has 1 amide bonds. The molecule has 1 N–H and O–H groups in total. The molecule has 1 aliphatic rings. The molecule has 82 valence electrons. The van der Waals surface area contributed by atoms with Gasteiger partial charge in [-0.15, -0.1) is 0 Å². The lowest BCUT2D eigenvalue weighted by atomic mass is 10.2. The van der Waals surface area contributed by atoms with Crippen LogP contribution in [0.2, 0.25) is 0 Å². The van der Waals surface area contributed by atoms with Gasteiger partial charge >= 0.3 is 6.09 Å². The van der Waals surface area contributed by atoms with Crippen LogP contribution in [0, 0.1) is 0 Å². The molecule has 0 bridgehead atoms. The summed E-state index contributed by atoms with van der Waals surface area (Å²) in [6.45, 7) is 6.30. The number of nitrogens with zero attached hydrogens (tertiary/aromatic N) is 1. The first kappa shape index (κ1) is 11.8. The van der Waals surface area contributed by atoms with Gasteiger partial charge in [0.25, 0.3) is 0 Å². The standard InChI is InChI=1S/C9H16BrNO3/c1-9(2,3)14-8(13)11-4-6(10)7(12)5-11/h6-7,12H,4-5H2,1-3H3/t6-,7-/m1/s1. The number of aliphatic hydroxyl groups is 1. The maximum atomic E-state index is 11.5. The third-order valence-corrected chi connectivity index (χ3v) is 2.77. The molecule has 0 spiro atoms. The van der Waals surface area contributed by atoms with Crippen molar-refractivity contribution in [2.75, 3.05) is 13.1 Å². The van der Waals surface area contributed by atoms with E-state index in [9.17, 15) is 9.90 Å². The molecule has 1 rings (SSSR count). The summed E-state index contributed by atoms with van der Waals surface area (Å²) in [6.07, 6.45) is -0.860. The maximum Gasteiger partial charge on any atom is 0.410 e. The normalized spacial score (nSPS) is 27.9. The van der Waals surface area contributed by atoms with E-state index in [4.69, 9.17) is 4.74 Å². The van der Waals surface area contributed by atoms with Crippen LogP contribution < -0.4 is 0 Å². The summed E-state index contributed by atoms with van der Waals surface area (Å²) in [4.78, 5) is 13.0. The zero-order valence-electron chi connectivity index (χ0n) is 8.66. The van der Waals surface area contributed by atoms with E-state index in [-0.39, 0.29) is 10.9 Å². The third kappa shape index (κ3) is 3.13. The second-order valence-corrected chi connectivity index (χ2v) is 5.64. The summed E-state index contributed by atoms with van der Waals surface area (Å²) in [7, 11) is 0. The Morgan fingerprint density at radius 1 is 1.50 bits per heavy atom. The Morgan fingerprint density at radius 3 is 2.43 bits per heavy atom. The summed E-state index contributed by atoms with van der Waals surface area (Å²) >= 11 is 3.29. The highest BCUT2D eigenvalue weighted by Crippen LogP contribution is 2.19. The summed E-state index contributed by atoms with van der Waals surface area (Å²) in [5.74, 6) is 0. The molecule has 0 saturated carbocycles. The summed E-state index contributed by atoms with van der Waals surface area (Å²) < 4.78 is 5.17. The molecule has 0 aliphatic carbocycles. The molecule has 0 aromatic rings. The number of aliphatic hydroxyl groups excluding tert-OH is 1. The number of ether oxygens (including phenoxy) is 1. The van der Waals surface area contributed by atoms with Crippen molar-refractivity contribution in [3.63, 3.8) is 0 Å². The van der Waals surface area contributed by atoms with Crippen molar-refractivity contribution in [2.45, 2.75) is 37.3 Å². The van der Waals surface area contributed by atoms with E-state index in [0.29, 0.717) is 13.1 Å². The van der Waals surface area contributed by atoms with Gasteiger partial charge in [0.05, 0.1) is 17.5 Å². The van der Waals surface area contributed by atoms with Gasteiger partial charge in [-0.05, 0) is 20.8 Å². The molecular weight excluding hydrogens is 250 g/mol. The number of hydrogen-bond acceptors (Lipinski definition) is 3. The average Bonchev–Trinajstić information content (AvgIpc) is 2.28. The second kappa shape index (κ2) is 4.06. The van der Waals surface area contributed by atoms with Gasteiger partial charge < -0.3 is 14.7 Å². The number of carbonyl (C=O) groups is 1. The highest BCUT2D eigenvalue weighted by molar-refractivity contribution is 9.09. The lowest BCUT2D eigenvalue weighted by molar-refractivity contribution is 0.0270. The predicted molar refractivity (Wildman–Crippen MR) is 56.5 cm³/mol. The maximum absolute atomic E-state index is 11.5. The Hall–Kier alpha value is -0.290. The van der Waals surface area contributed by atoms with Crippen molar-refractivity contribution in [3.05, 3.63) is 0 Å². The zero-order chi connectivity index (χ0) is 10.9. The summed E-state index contributed by atoms with van der Waals surface area (Å²) in [5.41, 5.74) is -0.480. The number of alkyl halides is 1. The van der Waals surface area contributed by atoms with Gasteiger partial charge in [-0.3, -0.25) is 0 Å². The SMILES string of the molecule is CC(C)(C)OC(=O)N1C[C@@H](O)[C@H](Br)C1. The van der Waals surface area contributed by atoms with Gasteiger partial charge in [0, 0.05) is 6.54 Å². The fourth-order valence-electron chi connectivity index (χ4n) is 1.22. The largest absolute Gasteiger partial charge is 0.444 e. The van der Waals surface area contributed by atoms with Crippen molar-refractivity contribution < 1.29 is 14.6 Å². The number of rotatable bonds is 0. The molecule has 14 heavy (non-hydrogen) atoms.